The standard InChI is InChI=1S/C15H24N4O/c1-6-19-9-17-18-12(19)8-16-14(20)13-11(7-10(2)3)15(13,4)5/h7,9,11,13H,6,8H2,1-5H3,(H,16,20)/t11-,13-/m0/s1. The predicted octanol–water partition coefficient (Wildman–Crippen LogP) is 2.15. The molecule has 1 aliphatic carbocycles. The van der Waals surface area contributed by atoms with E-state index in [9.17, 15) is 4.79 Å². The Morgan fingerprint density at radius 3 is 2.80 bits per heavy atom. The largest absolute Gasteiger partial charge is 0.349 e. The van der Waals surface area contributed by atoms with Crippen LogP contribution in [0.2, 0.25) is 0 Å². The molecule has 20 heavy (non-hydrogen) atoms. The number of amides is 1. The fraction of sp³-hybridized carbons (Fsp3) is 0.667. The molecule has 0 aromatic carbocycles. The van der Waals surface area contributed by atoms with Crippen LogP contribution in [0.15, 0.2) is 18.0 Å². The molecule has 0 radical (unpaired) electrons. The van der Waals surface area contributed by atoms with E-state index in [2.05, 4.69) is 49.3 Å². The van der Waals surface area contributed by atoms with Crippen LogP contribution in [-0.4, -0.2) is 20.7 Å². The summed E-state index contributed by atoms with van der Waals surface area (Å²) in [4.78, 5) is 12.3. The molecule has 0 aliphatic heterocycles. The second-order valence-electron chi connectivity index (χ2n) is 6.32. The number of hydrogen-bond acceptors (Lipinski definition) is 3. The Hall–Kier alpha value is -1.65. The van der Waals surface area contributed by atoms with Crippen molar-refractivity contribution in [1.29, 1.82) is 0 Å². The Bertz CT molecular complexity index is 526. The van der Waals surface area contributed by atoms with Crippen LogP contribution in [0.25, 0.3) is 0 Å². The summed E-state index contributed by atoms with van der Waals surface area (Å²) in [7, 11) is 0. The highest BCUT2D eigenvalue weighted by Crippen LogP contribution is 2.59. The van der Waals surface area contributed by atoms with Crippen LogP contribution in [0.1, 0.15) is 40.4 Å². The molecule has 1 heterocycles. The van der Waals surface area contributed by atoms with Crippen LogP contribution < -0.4 is 5.32 Å². The Morgan fingerprint density at radius 2 is 2.20 bits per heavy atom. The highest BCUT2D eigenvalue weighted by Gasteiger charge is 2.60. The van der Waals surface area contributed by atoms with E-state index in [1.807, 2.05) is 11.5 Å². The zero-order chi connectivity index (χ0) is 14.9. The van der Waals surface area contributed by atoms with Gasteiger partial charge in [-0.15, -0.1) is 10.2 Å². The third-order valence-electron chi connectivity index (χ3n) is 4.16. The molecule has 1 aromatic heterocycles. The maximum absolute atomic E-state index is 12.3. The summed E-state index contributed by atoms with van der Waals surface area (Å²) in [5.41, 5.74) is 1.32. The molecule has 5 nitrogen and oxygen atoms in total. The smallest absolute Gasteiger partial charge is 0.224 e. The topological polar surface area (TPSA) is 59.8 Å². The number of carbonyl (C=O) groups is 1. The van der Waals surface area contributed by atoms with Crippen molar-refractivity contribution in [3.63, 3.8) is 0 Å². The monoisotopic (exact) mass is 276 g/mol. The Morgan fingerprint density at radius 1 is 1.50 bits per heavy atom. The van der Waals surface area contributed by atoms with Crippen molar-refractivity contribution >= 4 is 5.91 Å². The van der Waals surface area contributed by atoms with Gasteiger partial charge in [-0.05, 0) is 32.1 Å². The van der Waals surface area contributed by atoms with Crippen molar-refractivity contribution < 1.29 is 4.79 Å². The Labute approximate surface area is 120 Å². The van der Waals surface area contributed by atoms with Gasteiger partial charge in [0.15, 0.2) is 5.82 Å². The number of allylic oxidation sites excluding steroid dienone is 2. The van der Waals surface area contributed by atoms with E-state index >= 15 is 0 Å². The molecular formula is C15H24N4O. The van der Waals surface area contributed by atoms with E-state index in [4.69, 9.17) is 0 Å². The summed E-state index contributed by atoms with van der Waals surface area (Å²) in [6.07, 6.45) is 3.90. The average molecular weight is 276 g/mol. The van der Waals surface area contributed by atoms with E-state index in [1.165, 1.54) is 5.57 Å². The molecule has 1 aromatic rings. The lowest BCUT2D eigenvalue weighted by atomic mass is 10.1. The lowest BCUT2D eigenvalue weighted by Gasteiger charge is -2.06. The molecule has 1 fully saturated rings. The molecule has 0 saturated heterocycles. The molecule has 2 atom stereocenters. The van der Waals surface area contributed by atoms with Crippen molar-refractivity contribution in [3.8, 4) is 0 Å². The Balaban J connectivity index is 1.95. The molecule has 0 unspecified atom stereocenters. The van der Waals surface area contributed by atoms with Crippen molar-refractivity contribution in [3.05, 3.63) is 23.8 Å². The van der Waals surface area contributed by atoms with Gasteiger partial charge in [0.2, 0.25) is 5.91 Å². The zero-order valence-corrected chi connectivity index (χ0v) is 13.0. The van der Waals surface area contributed by atoms with Gasteiger partial charge in [0, 0.05) is 6.54 Å². The summed E-state index contributed by atoms with van der Waals surface area (Å²) in [6, 6.07) is 0. The van der Waals surface area contributed by atoms with Gasteiger partial charge in [-0.3, -0.25) is 4.79 Å². The fourth-order valence-corrected chi connectivity index (χ4v) is 2.80. The lowest BCUT2D eigenvalue weighted by Crippen LogP contribution is -2.27. The second-order valence-corrected chi connectivity index (χ2v) is 6.32. The van der Waals surface area contributed by atoms with Gasteiger partial charge < -0.3 is 9.88 Å². The quantitative estimate of drug-likeness (QED) is 0.838. The van der Waals surface area contributed by atoms with Crippen molar-refractivity contribution in [1.82, 2.24) is 20.1 Å². The number of aryl methyl sites for hydroxylation is 1. The van der Waals surface area contributed by atoms with E-state index in [1.54, 1.807) is 6.33 Å². The molecule has 1 aliphatic rings. The van der Waals surface area contributed by atoms with Gasteiger partial charge in [0.05, 0.1) is 12.5 Å². The third kappa shape index (κ3) is 2.76. The SMILES string of the molecule is CCn1cnnc1CNC(=O)[C@@H]1[C@H](C=C(C)C)C1(C)C. The molecule has 5 heteroatoms. The Kier molecular flexibility index (Phi) is 3.97. The number of rotatable bonds is 5. The first-order valence-electron chi connectivity index (χ1n) is 7.17. The first kappa shape index (κ1) is 14.8. The molecule has 0 bridgehead atoms. The second kappa shape index (κ2) is 5.38. The van der Waals surface area contributed by atoms with Crippen LogP contribution in [-0.2, 0) is 17.9 Å². The van der Waals surface area contributed by atoms with E-state index < -0.39 is 0 Å². The summed E-state index contributed by atoms with van der Waals surface area (Å²) in [5.74, 6) is 1.33. The fourth-order valence-electron chi connectivity index (χ4n) is 2.80. The van der Waals surface area contributed by atoms with Gasteiger partial charge >= 0.3 is 0 Å². The highest BCUT2D eigenvalue weighted by molar-refractivity contribution is 5.83. The minimum Gasteiger partial charge on any atom is -0.349 e. The normalized spacial score (nSPS) is 23.2. The molecule has 2 rings (SSSR count). The maximum atomic E-state index is 12.3. The minimum atomic E-state index is 0.0553. The molecular weight excluding hydrogens is 252 g/mol. The van der Waals surface area contributed by atoms with Crippen LogP contribution >= 0.6 is 0 Å². The van der Waals surface area contributed by atoms with Gasteiger partial charge in [0.1, 0.15) is 6.33 Å². The van der Waals surface area contributed by atoms with Crippen molar-refractivity contribution in [2.45, 2.75) is 47.7 Å². The number of aromatic nitrogens is 3. The van der Waals surface area contributed by atoms with Crippen molar-refractivity contribution in [2.24, 2.45) is 17.3 Å². The van der Waals surface area contributed by atoms with Crippen LogP contribution in [0, 0.1) is 17.3 Å². The molecule has 1 N–H and O–H groups in total. The molecule has 1 saturated carbocycles. The molecule has 110 valence electrons. The predicted molar refractivity (Wildman–Crippen MR) is 77.7 cm³/mol. The summed E-state index contributed by atoms with van der Waals surface area (Å²) < 4.78 is 1.94. The van der Waals surface area contributed by atoms with Crippen LogP contribution in [0.5, 0.6) is 0 Å². The van der Waals surface area contributed by atoms with Crippen molar-refractivity contribution in [2.75, 3.05) is 0 Å². The summed E-state index contributed by atoms with van der Waals surface area (Å²) in [5, 5.41) is 10.9. The van der Waals surface area contributed by atoms with E-state index in [0.717, 1.165) is 12.4 Å². The van der Waals surface area contributed by atoms with Crippen LogP contribution in [0.4, 0.5) is 0 Å². The summed E-state index contributed by atoms with van der Waals surface area (Å²) in [6.45, 7) is 11.7. The average Bonchev–Trinajstić information content (AvgIpc) is 2.76. The van der Waals surface area contributed by atoms with Crippen LogP contribution in [0.3, 0.4) is 0 Å². The third-order valence-corrected chi connectivity index (χ3v) is 4.16. The van der Waals surface area contributed by atoms with Gasteiger partial charge in [-0.2, -0.15) is 0 Å². The minimum absolute atomic E-state index is 0.0553. The number of hydrogen-bond donors (Lipinski definition) is 1. The number of nitrogens with zero attached hydrogens (tertiary/aromatic N) is 3. The van der Waals surface area contributed by atoms with Gasteiger partial charge in [-0.25, -0.2) is 0 Å². The van der Waals surface area contributed by atoms with E-state index in [-0.39, 0.29) is 17.2 Å². The molecule has 0 spiro atoms. The zero-order valence-electron chi connectivity index (χ0n) is 13.0. The van der Waals surface area contributed by atoms with E-state index in [0.29, 0.717) is 12.5 Å². The number of nitrogens with one attached hydrogen (secondary N) is 1. The maximum Gasteiger partial charge on any atom is 0.224 e. The first-order valence-corrected chi connectivity index (χ1v) is 7.17. The molecule has 1 amide bonds. The van der Waals surface area contributed by atoms with Gasteiger partial charge in [-0.1, -0.05) is 25.5 Å². The van der Waals surface area contributed by atoms with Gasteiger partial charge in [0.25, 0.3) is 0 Å². The lowest BCUT2D eigenvalue weighted by molar-refractivity contribution is -0.123. The summed E-state index contributed by atoms with van der Waals surface area (Å²) >= 11 is 0. The number of carbonyl (C=O) groups excluding carboxylic acids is 1. The first-order chi connectivity index (χ1) is 9.37. The highest BCUT2D eigenvalue weighted by atomic mass is 16.2.